The Bertz CT molecular complexity index is 545. The fraction of sp³-hybridized carbons (Fsp3) is 0.471. The molecule has 0 saturated carbocycles. The highest BCUT2D eigenvalue weighted by Gasteiger charge is 2.12. The average molecular weight is 269 g/mol. The average Bonchev–Trinajstić information content (AvgIpc) is 3.00. The van der Waals surface area contributed by atoms with Crippen LogP contribution in [0.5, 0.6) is 0 Å². The molecule has 1 heterocycles. The number of hydrogen-bond donors (Lipinski definition) is 2. The van der Waals surface area contributed by atoms with E-state index >= 15 is 0 Å². The van der Waals surface area contributed by atoms with Crippen molar-refractivity contribution in [2.45, 2.75) is 45.1 Å². The molecule has 2 N–H and O–H groups in total. The highest BCUT2D eigenvalue weighted by molar-refractivity contribution is 5.35. The molecule has 0 bridgehead atoms. The monoisotopic (exact) mass is 269 g/mol. The number of fused-ring (bicyclic) bond motifs is 1. The quantitative estimate of drug-likeness (QED) is 0.875. The molecule has 20 heavy (non-hydrogen) atoms. The fourth-order valence-electron chi connectivity index (χ4n) is 2.99. The Morgan fingerprint density at radius 3 is 2.90 bits per heavy atom. The second kappa shape index (κ2) is 6.23. The normalized spacial score (nSPS) is 15.8. The Kier molecular flexibility index (Phi) is 4.16. The Morgan fingerprint density at radius 2 is 2.10 bits per heavy atom. The first-order valence-electron chi connectivity index (χ1n) is 7.65. The number of nitrogens with zero attached hydrogens (tertiary/aromatic N) is 1. The van der Waals surface area contributed by atoms with Crippen molar-refractivity contribution < 1.29 is 0 Å². The van der Waals surface area contributed by atoms with E-state index in [9.17, 15) is 0 Å². The first-order chi connectivity index (χ1) is 9.83. The second-order valence-electron chi connectivity index (χ2n) is 5.74. The molecular weight excluding hydrogens is 246 g/mol. The van der Waals surface area contributed by atoms with E-state index in [1.165, 1.54) is 36.9 Å². The van der Waals surface area contributed by atoms with E-state index < -0.39 is 0 Å². The third-order valence-electron chi connectivity index (χ3n) is 4.27. The van der Waals surface area contributed by atoms with Gasteiger partial charge in [-0.25, -0.2) is 4.98 Å². The minimum atomic E-state index is 0.408. The molecule has 1 aliphatic carbocycles. The zero-order chi connectivity index (χ0) is 13.8. The van der Waals surface area contributed by atoms with Crippen LogP contribution in [0.15, 0.2) is 30.7 Å². The van der Waals surface area contributed by atoms with Crippen molar-refractivity contribution in [3.05, 3.63) is 53.1 Å². The Labute approximate surface area is 120 Å². The van der Waals surface area contributed by atoms with Gasteiger partial charge in [0.15, 0.2) is 0 Å². The molecule has 0 fully saturated rings. The van der Waals surface area contributed by atoms with Crippen LogP contribution in [-0.2, 0) is 19.3 Å². The number of aryl methyl sites for hydroxylation is 2. The molecule has 0 radical (unpaired) electrons. The minimum Gasteiger partial charge on any atom is -0.348 e. The van der Waals surface area contributed by atoms with Crippen molar-refractivity contribution in [3.63, 3.8) is 0 Å². The van der Waals surface area contributed by atoms with E-state index in [4.69, 9.17) is 0 Å². The number of aromatic amines is 1. The molecular formula is C17H23N3. The Hall–Kier alpha value is -1.61. The zero-order valence-electron chi connectivity index (χ0n) is 12.2. The molecule has 0 aliphatic heterocycles. The summed E-state index contributed by atoms with van der Waals surface area (Å²) in [7, 11) is 0. The smallest absolute Gasteiger partial charge is 0.0921 e. The summed E-state index contributed by atoms with van der Waals surface area (Å²) in [5, 5.41) is 3.60. The van der Waals surface area contributed by atoms with Crippen LogP contribution < -0.4 is 5.32 Å². The second-order valence-corrected chi connectivity index (χ2v) is 5.74. The van der Waals surface area contributed by atoms with E-state index in [1.807, 2.05) is 6.20 Å². The van der Waals surface area contributed by atoms with Crippen LogP contribution in [0.3, 0.4) is 0 Å². The van der Waals surface area contributed by atoms with E-state index in [2.05, 4.69) is 40.4 Å². The molecule has 106 valence electrons. The van der Waals surface area contributed by atoms with E-state index in [-0.39, 0.29) is 0 Å². The minimum absolute atomic E-state index is 0.408. The van der Waals surface area contributed by atoms with Gasteiger partial charge in [0.05, 0.1) is 6.33 Å². The molecule has 3 rings (SSSR count). The molecule has 1 unspecified atom stereocenters. The number of hydrogen-bond acceptors (Lipinski definition) is 2. The summed E-state index contributed by atoms with van der Waals surface area (Å²) < 4.78 is 0. The predicted molar refractivity (Wildman–Crippen MR) is 81.8 cm³/mol. The predicted octanol–water partition coefficient (Wildman–Crippen LogP) is 3.18. The maximum atomic E-state index is 4.04. The maximum Gasteiger partial charge on any atom is 0.0921 e. The van der Waals surface area contributed by atoms with Gasteiger partial charge in [0.25, 0.3) is 0 Å². The molecule has 0 spiro atoms. The van der Waals surface area contributed by atoms with Gasteiger partial charge in [0.1, 0.15) is 0 Å². The molecule has 1 aliphatic rings. The van der Waals surface area contributed by atoms with Gasteiger partial charge in [-0.05, 0) is 49.3 Å². The highest BCUT2D eigenvalue weighted by Crippen LogP contribution is 2.24. The van der Waals surface area contributed by atoms with Crippen molar-refractivity contribution in [2.24, 2.45) is 0 Å². The van der Waals surface area contributed by atoms with Crippen LogP contribution in [0, 0.1) is 0 Å². The topological polar surface area (TPSA) is 40.7 Å². The Morgan fingerprint density at radius 1 is 1.25 bits per heavy atom. The summed E-state index contributed by atoms with van der Waals surface area (Å²) in [6.45, 7) is 3.22. The van der Waals surface area contributed by atoms with Gasteiger partial charge in [0.2, 0.25) is 0 Å². The van der Waals surface area contributed by atoms with Crippen molar-refractivity contribution in [2.75, 3.05) is 6.54 Å². The van der Waals surface area contributed by atoms with Gasteiger partial charge in [-0.15, -0.1) is 0 Å². The van der Waals surface area contributed by atoms with Crippen molar-refractivity contribution in [1.82, 2.24) is 15.3 Å². The number of H-pyrrole nitrogens is 1. The van der Waals surface area contributed by atoms with Gasteiger partial charge in [0, 0.05) is 30.9 Å². The van der Waals surface area contributed by atoms with E-state index in [0.29, 0.717) is 6.04 Å². The lowest BCUT2D eigenvalue weighted by atomic mass is 9.89. The zero-order valence-corrected chi connectivity index (χ0v) is 12.2. The lowest BCUT2D eigenvalue weighted by Gasteiger charge is -2.20. The molecule has 1 atom stereocenters. The van der Waals surface area contributed by atoms with Crippen molar-refractivity contribution in [3.8, 4) is 0 Å². The lowest BCUT2D eigenvalue weighted by molar-refractivity contribution is 0.572. The summed E-state index contributed by atoms with van der Waals surface area (Å²) in [4.78, 5) is 7.18. The summed E-state index contributed by atoms with van der Waals surface area (Å²) in [5.74, 6) is 0. The van der Waals surface area contributed by atoms with Gasteiger partial charge in [-0.3, -0.25) is 0 Å². The standard InChI is InChI=1S/C17H23N3/c1-13(19-9-8-17-11-18-12-20-17)15-7-6-14-4-2-3-5-16(14)10-15/h6-7,10-13,19H,2-5,8-9H2,1H3,(H,18,20). The SMILES string of the molecule is CC(NCCc1cnc[nH]1)c1ccc2c(c1)CCCC2. The highest BCUT2D eigenvalue weighted by atomic mass is 14.9. The number of rotatable bonds is 5. The summed E-state index contributed by atoms with van der Waals surface area (Å²) >= 11 is 0. The van der Waals surface area contributed by atoms with Crippen LogP contribution in [0.1, 0.15) is 48.2 Å². The van der Waals surface area contributed by atoms with Crippen LogP contribution in [-0.4, -0.2) is 16.5 Å². The first kappa shape index (κ1) is 13.4. The molecule has 2 aromatic rings. The number of nitrogens with one attached hydrogen (secondary N) is 2. The van der Waals surface area contributed by atoms with Crippen molar-refractivity contribution >= 4 is 0 Å². The number of benzene rings is 1. The molecule has 3 heteroatoms. The third kappa shape index (κ3) is 3.10. The lowest BCUT2D eigenvalue weighted by Crippen LogP contribution is -2.21. The fourth-order valence-corrected chi connectivity index (χ4v) is 2.99. The van der Waals surface area contributed by atoms with Crippen LogP contribution in [0.2, 0.25) is 0 Å². The summed E-state index contributed by atoms with van der Waals surface area (Å²) in [6, 6.07) is 7.43. The first-order valence-corrected chi connectivity index (χ1v) is 7.65. The molecule has 1 aromatic carbocycles. The van der Waals surface area contributed by atoms with Gasteiger partial charge in [-0.1, -0.05) is 18.2 Å². The molecule has 0 amide bonds. The van der Waals surface area contributed by atoms with Crippen LogP contribution in [0.25, 0.3) is 0 Å². The third-order valence-corrected chi connectivity index (χ3v) is 4.27. The molecule has 0 saturated heterocycles. The summed E-state index contributed by atoms with van der Waals surface area (Å²) in [6.07, 6.45) is 9.84. The Balaban J connectivity index is 1.57. The summed E-state index contributed by atoms with van der Waals surface area (Å²) in [5.41, 5.74) is 5.73. The van der Waals surface area contributed by atoms with Gasteiger partial charge < -0.3 is 10.3 Å². The van der Waals surface area contributed by atoms with E-state index in [0.717, 1.165) is 13.0 Å². The van der Waals surface area contributed by atoms with Crippen LogP contribution >= 0.6 is 0 Å². The van der Waals surface area contributed by atoms with Gasteiger partial charge in [-0.2, -0.15) is 0 Å². The van der Waals surface area contributed by atoms with Crippen LogP contribution in [0.4, 0.5) is 0 Å². The number of aromatic nitrogens is 2. The van der Waals surface area contributed by atoms with E-state index in [1.54, 1.807) is 17.5 Å². The number of imidazole rings is 1. The van der Waals surface area contributed by atoms with Gasteiger partial charge >= 0.3 is 0 Å². The molecule has 1 aromatic heterocycles. The largest absolute Gasteiger partial charge is 0.348 e. The maximum absolute atomic E-state index is 4.04. The van der Waals surface area contributed by atoms with Crippen molar-refractivity contribution in [1.29, 1.82) is 0 Å². The molecule has 3 nitrogen and oxygen atoms in total.